The van der Waals surface area contributed by atoms with Crippen LogP contribution >= 0.6 is 34.3 Å². The molecule has 10 heteroatoms. The molecule has 0 aliphatic carbocycles. The number of carbonyl (C=O) groups is 1. The van der Waals surface area contributed by atoms with Crippen molar-refractivity contribution in [3.63, 3.8) is 0 Å². The smallest absolute Gasteiger partial charge is 0.339 e. The highest BCUT2D eigenvalue weighted by molar-refractivity contribution is 7.16. The first kappa shape index (κ1) is 26.1. The molecule has 36 heavy (non-hydrogen) atoms. The maximum absolute atomic E-state index is 12.0. The Hall–Kier alpha value is -2.98. The van der Waals surface area contributed by atoms with Crippen LogP contribution in [-0.4, -0.2) is 41.4 Å². The summed E-state index contributed by atoms with van der Waals surface area (Å²) in [5.74, 6) is 0.153. The van der Waals surface area contributed by atoms with E-state index in [0.29, 0.717) is 35.0 Å². The number of pyridine rings is 1. The van der Waals surface area contributed by atoms with Gasteiger partial charge in [0.25, 0.3) is 0 Å². The topological polar surface area (TPSA) is 93.6 Å². The van der Waals surface area contributed by atoms with Crippen molar-refractivity contribution in [3.05, 3.63) is 63.4 Å². The molecule has 0 unspecified atom stereocenters. The molecule has 0 spiro atoms. The van der Waals surface area contributed by atoms with Gasteiger partial charge in [0.05, 0.1) is 17.3 Å². The zero-order valence-corrected chi connectivity index (χ0v) is 22.5. The summed E-state index contributed by atoms with van der Waals surface area (Å²) in [6.45, 7) is 5.12. The van der Waals surface area contributed by atoms with Gasteiger partial charge in [-0.15, -0.1) is 22.7 Å². The Bertz CT molecular complexity index is 1340. The lowest BCUT2D eigenvalue weighted by Gasteiger charge is -2.10. The number of aromatic carboxylic acids is 1. The number of thiophene rings is 1. The second-order valence-electron chi connectivity index (χ2n) is 8.40. The number of methoxy groups -OCH3 is 1. The molecule has 0 atom stereocenters. The van der Waals surface area contributed by atoms with Gasteiger partial charge in [0.1, 0.15) is 23.7 Å². The number of halogens is 1. The number of ether oxygens (including phenoxy) is 2. The summed E-state index contributed by atoms with van der Waals surface area (Å²) < 4.78 is 10.8. The molecule has 0 amide bonds. The minimum Gasteiger partial charge on any atom is -0.490 e. The van der Waals surface area contributed by atoms with E-state index in [1.165, 1.54) is 22.7 Å². The maximum atomic E-state index is 12.0. The number of hydrogen-bond donors (Lipinski definition) is 2. The highest BCUT2D eigenvalue weighted by Gasteiger charge is 2.19. The molecule has 0 aliphatic rings. The largest absolute Gasteiger partial charge is 0.490 e. The Balaban J connectivity index is 1.68. The molecular formula is C26H26ClN3O4S2. The molecule has 0 radical (unpaired) electrons. The van der Waals surface area contributed by atoms with Crippen LogP contribution in [0.3, 0.4) is 0 Å². The number of anilines is 2. The van der Waals surface area contributed by atoms with E-state index in [4.69, 9.17) is 26.1 Å². The Morgan fingerprint density at radius 3 is 2.72 bits per heavy atom. The van der Waals surface area contributed by atoms with Gasteiger partial charge in [-0.1, -0.05) is 37.6 Å². The van der Waals surface area contributed by atoms with Crippen LogP contribution in [0.4, 0.5) is 10.9 Å². The summed E-state index contributed by atoms with van der Waals surface area (Å²) in [4.78, 5) is 23.3. The molecule has 0 aliphatic heterocycles. The van der Waals surface area contributed by atoms with Crippen molar-refractivity contribution in [2.24, 2.45) is 5.92 Å². The first-order chi connectivity index (χ1) is 17.4. The standard InChI is InChI=1S/C26H26ClN3O4S2/c1-15(2)11-22-23(16-6-7-19(27)20(13-16)34-9-8-33-3)29-26(36-22)30-24-18(25(31)32)12-17(14-28-24)21-5-4-10-35-21/h4-7,10,12-15H,8-9,11H2,1-3H3,(H,31,32)(H,28,29,30). The lowest BCUT2D eigenvalue weighted by atomic mass is 10.0. The van der Waals surface area contributed by atoms with Crippen LogP contribution in [-0.2, 0) is 11.2 Å². The first-order valence-electron chi connectivity index (χ1n) is 11.3. The van der Waals surface area contributed by atoms with Crippen LogP contribution in [0.2, 0.25) is 5.02 Å². The van der Waals surface area contributed by atoms with Crippen molar-refractivity contribution in [1.29, 1.82) is 0 Å². The molecule has 0 saturated carbocycles. The molecule has 2 N–H and O–H groups in total. The molecular weight excluding hydrogens is 518 g/mol. The number of carboxylic acids is 1. The van der Waals surface area contributed by atoms with Crippen LogP contribution < -0.4 is 10.1 Å². The van der Waals surface area contributed by atoms with Crippen molar-refractivity contribution in [1.82, 2.24) is 9.97 Å². The van der Waals surface area contributed by atoms with Crippen LogP contribution in [0.1, 0.15) is 29.1 Å². The Labute approximate surface area is 222 Å². The third-order valence-corrected chi connectivity index (χ3v) is 7.41. The van der Waals surface area contributed by atoms with Gasteiger partial charge in [0.2, 0.25) is 0 Å². The van der Waals surface area contributed by atoms with E-state index >= 15 is 0 Å². The quantitative estimate of drug-likeness (QED) is 0.192. The minimum absolute atomic E-state index is 0.0865. The van der Waals surface area contributed by atoms with E-state index in [1.807, 2.05) is 29.6 Å². The van der Waals surface area contributed by atoms with Gasteiger partial charge >= 0.3 is 5.97 Å². The van der Waals surface area contributed by atoms with Crippen LogP contribution in [0.25, 0.3) is 21.7 Å². The summed E-state index contributed by atoms with van der Waals surface area (Å²) >= 11 is 9.35. The van der Waals surface area contributed by atoms with Crippen molar-refractivity contribution in [2.45, 2.75) is 20.3 Å². The molecule has 0 bridgehead atoms. The van der Waals surface area contributed by atoms with Gasteiger partial charge in [-0.25, -0.2) is 14.8 Å². The van der Waals surface area contributed by atoms with Crippen molar-refractivity contribution in [3.8, 4) is 27.4 Å². The van der Waals surface area contributed by atoms with Gasteiger partial charge in [-0.3, -0.25) is 0 Å². The van der Waals surface area contributed by atoms with E-state index < -0.39 is 5.97 Å². The summed E-state index contributed by atoms with van der Waals surface area (Å²) in [7, 11) is 1.61. The summed E-state index contributed by atoms with van der Waals surface area (Å²) in [5.41, 5.74) is 2.52. The predicted molar refractivity (Wildman–Crippen MR) is 146 cm³/mol. The van der Waals surface area contributed by atoms with Crippen molar-refractivity contribution >= 4 is 51.2 Å². The fourth-order valence-corrected chi connectivity index (χ4v) is 5.62. The second-order valence-corrected chi connectivity index (χ2v) is 10.8. The zero-order valence-electron chi connectivity index (χ0n) is 20.1. The number of benzene rings is 1. The third kappa shape index (κ3) is 6.22. The molecule has 4 rings (SSSR count). The molecule has 1 aromatic carbocycles. The molecule has 3 heterocycles. The molecule has 0 saturated heterocycles. The van der Waals surface area contributed by atoms with Gasteiger partial charge in [-0.05, 0) is 42.0 Å². The number of hydrogen-bond acceptors (Lipinski definition) is 8. The zero-order chi connectivity index (χ0) is 25.7. The molecule has 3 aromatic heterocycles. The number of thiazole rings is 1. The van der Waals surface area contributed by atoms with Crippen molar-refractivity contribution < 1.29 is 19.4 Å². The van der Waals surface area contributed by atoms with E-state index in [-0.39, 0.29) is 11.4 Å². The van der Waals surface area contributed by atoms with Gasteiger partial charge in [0, 0.05) is 34.2 Å². The SMILES string of the molecule is COCCOc1cc(-c2nc(Nc3ncc(-c4cccs4)cc3C(=O)O)sc2CC(C)C)ccc1Cl. The fraction of sp³-hybridized carbons (Fsp3) is 0.269. The number of nitrogens with one attached hydrogen (secondary N) is 1. The minimum atomic E-state index is -1.06. The van der Waals surface area contributed by atoms with Crippen LogP contribution in [0.5, 0.6) is 5.75 Å². The second kappa shape index (κ2) is 11.8. The molecule has 188 valence electrons. The maximum Gasteiger partial charge on any atom is 0.339 e. The number of rotatable bonds is 11. The molecule has 0 fully saturated rings. The number of aromatic nitrogens is 2. The summed E-state index contributed by atoms with van der Waals surface area (Å²) in [6.07, 6.45) is 2.49. The molecule has 4 aromatic rings. The van der Waals surface area contributed by atoms with Gasteiger partial charge in [0.15, 0.2) is 5.13 Å². The number of carboxylic acid groups (broad SMARTS) is 1. The van der Waals surface area contributed by atoms with E-state index in [1.54, 1.807) is 25.4 Å². The Morgan fingerprint density at radius 1 is 1.19 bits per heavy atom. The van der Waals surface area contributed by atoms with E-state index in [0.717, 1.165) is 33.0 Å². The van der Waals surface area contributed by atoms with Crippen molar-refractivity contribution in [2.75, 3.05) is 25.6 Å². The first-order valence-corrected chi connectivity index (χ1v) is 13.4. The Kier molecular flexibility index (Phi) is 8.58. The van der Waals surface area contributed by atoms with Crippen LogP contribution in [0, 0.1) is 5.92 Å². The third-order valence-electron chi connectivity index (χ3n) is 5.19. The average Bonchev–Trinajstić information content (AvgIpc) is 3.51. The highest BCUT2D eigenvalue weighted by Crippen LogP contribution is 2.38. The highest BCUT2D eigenvalue weighted by atomic mass is 35.5. The average molecular weight is 544 g/mol. The summed E-state index contributed by atoms with van der Waals surface area (Å²) in [5, 5.41) is 16.0. The van der Waals surface area contributed by atoms with Gasteiger partial charge < -0.3 is 19.9 Å². The lowest BCUT2D eigenvalue weighted by Crippen LogP contribution is -2.05. The van der Waals surface area contributed by atoms with E-state index in [2.05, 4.69) is 24.1 Å². The van der Waals surface area contributed by atoms with Gasteiger partial charge in [-0.2, -0.15) is 0 Å². The Morgan fingerprint density at radius 2 is 2.03 bits per heavy atom. The lowest BCUT2D eigenvalue weighted by molar-refractivity contribution is 0.0697. The summed E-state index contributed by atoms with van der Waals surface area (Å²) in [6, 6.07) is 11.1. The van der Waals surface area contributed by atoms with Crippen LogP contribution in [0.15, 0.2) is 48.0 Å². The monoisotopic (exact) mass is 543 g/mol. The fourth-order valence-electron chi connectivity index (χ4n) is 3.54. The molecule has 7 nitrogen and oxygen atoms in total. The predicted octanol–water partition coefficient (Wildman–Crippen LogP) is 7.25. The van der Waals surface area contributed by atoms with E-state index in [9.17, 15) is 9.90 Å². The normalized spacial score (nSPS) is 11.1. The number of nitrogens with zero attached hydrogens (tertiary/aromatic N) is 2.